The van der Waals surface area contributed by atoms with Gasteiger partial charge < -0.3 is 10.0 Å². The number of fused-ring (bicyclic) bond motifs is 1. The number of hydrogen-bond acceptors (Lipinski definition) is 6. The Morgan fingerprint density at radius 3 is 2.32 bits per heavy atom. The second kappa shape index (κ2) is 9.07. The number of carbonyl (C=O) groups is 1. The van der Waals surface area contributed by atoms with Gasteiger partial charge >= 0.3 is 0 Å². The number of sulfone groups is 1. The average Bonchev–Trinajstić information content (AvgIpc) is 2.77. The molecule has 0 radical (unpaired) electrons. The molecule has 2 heterocycles. The molecule has 0 bridgehead atoms. The van der Waals surface area contributed by atoms with Gasteiger partial charge in [-0.05, 0) is 54.5 Å². The van der Waals surface area contributed by atoms with E-state index in [-0.39, 0.29) is 22.0 Å². The minimum Gasteiger partial charge on any atom is -0.390 e. The molecule has 34 heavy (non-hydrogen) atoms. The number of rotatable bonds is 5. The van der Waals surface area contributed by atoms with Crippen molar-refractivity contribution in [3.8, 4) is 0 Å². The van der Waals surface area contributed by atoms with Crippen molar-refractivity contribution >= 4 is 26.8 Å². The summed E-state index contributed by atoms with van der Waals surface area (Å²) in [6.45, 7) is 7.33. The van der Waals surface area contributed by atoms with Gasteiger partial charge in [0.15, 0.2) is 9.84 Å². The lowest BCUT2D eigenvalue weighted by atomic mass is 9.77. The summed E-state index contributed by atoms with van der Waals surface area (Å²) in [6, 6.07) is 11.6. The van der Waals surface area contributed by atoms with Crippen LogP contribution in [-0.2, 0) is 15.6 Å². The highest BCUT2D eigenvalue weighted by Gasteiger charge is 2.37. The van der Waals surface area contributed by atoms with Crippen LogP contribution in [0.1, 0.15) is 56.0 Å². The summed E-state index contributed by atoms with van der Waals surface area (Å²) >= 11 is 0. The average molecular weight is 482 g/mol. The maximum absolute atomic E-state index is 13.1. The number of benzene rings is 2. The van der Waals surface area contributed by atoms with Gasteiger partial charge in [0.1, 0.15) is 5.52 Å². The molecule has 1 aliphatic rings. The molecule has 0 atom stereocenters. The quantitative estimate of drug-likeness (QED) is 0.591. The fraction of sp³-hybridized carbons (Fsp3) is 0.423. The first-order valence-corrected chi connectivity index (χ1v) is 13.1. The third-order valence-electron chi connectivity index (χ3n) is 6.20. The number of aliphatic hydroxyl groups is 1. The molecular weight excluding hydrogens is 450 g/mol. The number of likely N-dealkylation sites (tertiary alicyclic amines) is 1. The van der Waals surface area contributed by atoms with E-state index in [1.165, 1.54) is 12.4 Å². The monoisotopic (exact) mass is 481 g/mol. The number of amides is 1. The molecule has 3 aromatic rings. The van der Waals surface area contributed by atoms with E-state index in [1.54, 1.807) is 47.4 Å². The Labute approximate surface area is 200 Å². The topological polar surface area (TPSA) is 100 Å². The molecule has 1 aromatic heterocycles. The van der Waals surface area contributed by atoms with Crippen LogP contribution in [-0.4, -0.2) is 53.0 Å². The van der Waals surface area contributed by atoms with E-state index < -0.39 is 15.4 Å². The largest absolute Gasteiger partial charge is 0.390 e. The predicted molar refractivity (Wildman–Crippen MR) is 131 cm³/mol. The van der Waals surface area contributed by atoms with E-state index in [2.05, 4.69) is 30.7 Å². The van der Waals surface area contributed by atoms with Gasteiger partial charge in [0, 0.05) is 31.0 Å². The van der Waals surface area contributed by atoms with Crippen LogP contribution < -0.4 is 0 Å². The van der Waals surface area contributed by atoms with E-state index in [9.17, 15) is 18.3 Å². The Hall–Kier alpha value is -2.84. The highest BCUT2D eigenvalue weighted by molar-refractivity contribution is 7.90. The van der Waals surface area contributed by atoms with E-state index >= 15 is 0 Å². The zero-order valence-electron chi connectivity index (χ0n) is 19.9. The SMILES string of the molecule is CC(C)(C)CC1(O)CCN(C(=O)c2ccc(CS(=O)(=O)c3cccc4nccnc34)cc2)CC1. The molecule has 1 N–H and O–H groups in total. The molecule has 1 fully saturated rings. The molecule has 0 spiro atoms. The fourth-order valence-corrected chi connectivity index (χ4v) is 6.25. The molecule has 180 valence electrons. The number of hydrogen-bond donors (Lipinski definition) is 1. The number of para-hydroxylation sites is 1. The van der Waals surface area contributed by atoms with Crippen molar-refractivity contribution in [2.75, 3.05) is 13.1 Å². The molecule has 1 amide bonds. The van der Waals surface area contributed by atoms with E-state index in [1.807, 2.05) is 0 Å². The standard InChI is InChI=1S/C26H31N3O4S/c1-25(2,3)18-26(31)11-15-29(16-12-26)24(30)20-9-7-19(8-10-20)17-34(32,33)22-6-4-5-21-23(22)28-14-13-27-21/h4-10,13-14,31H,11-12,15-18H2,1-3H3. The summed E-state index contributed by atoms with van der Waals surface area (Å²) in [4.78, 5) is 23.3. The first kappa shape index (κ1) is 24.3. The summed E-state index contributed by atoms with van der Waals surface area (Å²) < 4.78 is 26.1. The molecule has 0 aliphatic carbocycles. The van der Waals surface area contributed by atoms with Crippen molar-refractivity contribution < 1.29 is 18.3 Å². The molecule has 7 nitrogen and oxygen atoms in total. The van der Waals surface area contributed by atoms with Crippen LogP contribution in [0.5, 0.6) is 0 Å². The maximum atomic E-state index is 13.1. The number of aromatic nitrogens is 2. The minimum absolute atomic E-state index is 0.0235. The van der Waals surface area contributed by atoms with Gasteiger partial charge in [0.25, 0.3) is 5.91 Å². The predicted octanol–water partition coefficient (Wildman–Crippen LogP) is 4.01. The summed E-state index contributed by atoms with van der Waals surface area (Å²) in [5.41, 5.74) is 1.28. The lowest BCUT2D eigenvalue weighted by Gasteiger charge is -2.41. The lowest BCUT2D eigenvalue weighted by Crippen LogP contribution is -2.48. The van der Waals surface area contributed by atoms with Crippen LogP contribution in [0.3, 0.4) is 0 Å². The Kier molecular flexibility index (Phi) is 6.48. The van der Waals surface area contributed by atoms with E-state index in [4.69, 9.17) is 0 Å². The van der Waals surface area contributed by atoms with Crippen LogP contribution in [0.25, 0.3) is 11.0 Å². The molecule has 1 saturated heterocycles. The third-order valence-corrected chi connectivity index (χ3v) is 7.91. The number of nitrogens with zero attached hydrogens (tertiary/aromatic N) is 3. The van der Waals surface area contributed by atoms with Gasteiger partial charge in [0.2, 0.25) is 0 Å². The molecular formula is C26H31N3O4S. The molecule has 0 unspecified atom stereocenters. The van der Waals surface area contributed by atoms with Gasteiger partial charge in [0.05, 0.1) is 21.8 Å². The van der Waals surface area contributed by atoms with Crippen LogP contribution in [0.15, 0.2) is 59.8 Å². The van der Waals surface area contributed by atoms with Crippen molar-refractivity contribution in [1.82, 2.24) is 14.9 Å². The van der Waals surface area contributed by atoms with Crippen LogP contribution in [0.4, 0.5) is 0 Å². The molecule has 2 aromatic carbocycles. The van der Waals surface area contributed by atoms with Crippen molar-refractivity contribution in [2.24, 2.45) is 5.41 Å². The van der Waals surface area contributed by atoms with Gasteiger partial charge in [-0.25, -0.2) is 8.42 Å². The van der Waals surface area contributed by atoms with Crippen molar-refractivity contribution in [2.45, 2.75) is 56.3 Å². The fourth-order valence-electron chi connectivity index (χ4n) is 4.73. The number of carbonyl (C=O) groups excluding carboxylic acids is 1. The second-order valence-electron chi connectivity index (χ2n) is 10.4. The van der Waals surface area contributed by atoms with Crippen LogP contribution >= 0.6 is 0 Å². The Bertz CT molecular complexity index is 1280. The highest BCUT2D eigenvalue weighted by atomic mass is 32.2. The Morgan fingerprint density at radius 1 is 1.03 bits per heavy atom. The molecule has 0 saturated carbocycles. The van der Waals surface area contributed by atoms with Gasteiger partial charge in [-0.2, -0.15) is 0 Å². The smallest absolute Gasteiger partial charge is 0.253 e. The Balaban J connectivity index is 1.44. The normalized spacial score (nSPS) is 16.5. The van der Waals surface area contributed by atoms with E-state index in [0.717, 1.165) is 0 Å². The highest BCUT2D eigenvalue weighted by Crippen LogP contribution is 2.35. The van der Waals surface area contributed by atoms with Gasteiger partial charge in [-0.1, -0.05) is 39.0 Å². The van der Waals surface area contributed by atoms with Crippen LogP contribution in [0.2, 0.25) is 0 Å². The molecule has 1 aliphatic heterocycles. The molecule has 4 rings (SSSR count). The molecule has 8 heteroatoms. The number of piperidine rings is 1. The zero-order chi connectivity index (χ0) is 24.6. The van der Waals surface area contributed by atoms with Crippen molar-refractivity contribution in [3.05, 3.63) is 66.0 Å². The summed E-state index contributed by atoms with van der Waals surface area (Å²) in [5, 5.41) is 10.9. The summed E-state index contributed by atoms with van der Waals surface area (Å²) in [6.07, 6.45) is 4.82. The van der Waals surface area contributed by atoms with Gasteiger partial charge in [-0.3, -0.25) is 14.8 Å². The van der Waals surface area contributed by atoms with Crippen molar-refractivity contribution in [1.29, 1.82) is 0 Å². The zero-order valence-corrected chi connectivity index (χ0v) is 20.7. The summed E-state index contributed by atoms with van der Waals surface area (Å²) in [7, 11) is -3.65. The van der Waals surface area contributed by atoms with Crippen molar-refractivity contribution in [3.63, 3.8) is 0 Å². The first-order valence-electron chi connectivity index (χ1n) is 11.5. The third kappa shape index (κ3) is 5.45. The minimum atomic E-state index is -3.65. The Morgan fingerprint density at radius 2 is 1.68 bits per heavy atom. The maximum Gasteiger partial charge on any atom is 0.253 e. The van der Waals surface area contributed by atoms with Crippen LogP contribution in [0, 0.1) is 5.41 Å². The summed E-state index contributed by atoms with van der Waals surface area (Å²) in [5.74, 6) is -0.294. The first-order chi connectivity index (χ1) is 16.0. The van der Waals surface area contributed by atoms with E-state index in [0.29, 0.717) is 54.5 Å². The lowest BCUT2D eigenvalue weighted by molar-refractivity contribution is -0.0436. The second-order valence-corrected chi connectivity index (χ2v) is 12.3. The van der Waals surface area contributed by atoms with Gasteiger partial charge in [-0.15, -0.1) is 0 Å².